The molecule has 13 heteroatoms. The minimum Gasteiger partial charge on any atom is -0.464 e. The van der Waals surface area contributed by atoms with Crippen LogP contribution in [0, 0.1) is 11.8 Å². The lowest BCUT2D eigenvalue weighted by molar-refractivity contribution is -0.149. The molecule has 1 unspecified atom stereocenters. The second-order valence-electron chi connectivity index (χ2n) is 10.9. The van der Waals surface area contributed by atoms with E-state index in [4.69, 9.17) is 19.8 Å². The van der Waals surface area contributed by atoms with Crippen LogP contribution in [-0.2, 0) is 30.0 Å². The smallest absolute Gasteiger partial charge is 0.365 e. The molecular weight excluding hydrogens is 509 g/mol. The number of rotatable bonds is 16. The summed E-state index contributed by atoms with van der Waals surface area (Å²) in [5.41, 5.74) is 6.46. The number of nitrogens with zero attached hydrogens (tertiary/aromatic N) is 5. The molecule has 2 rings (SSSR count). The Morgan fingerprint density at radius 3 is 2.42 bits per heavy atom. The topological polar surface area (TPSA) is 156 Å². The number of carbonyl (C=O) groups excluding carboxylic acids is 1. The fourth-order valence-electron chi connectivity index (χ4n) is 3.73. The molecule has 0 bridgehead atoms. The van der Waals surface area contributed by atoms with Crippen LogP contribution < -0.4 is 10.8 Å². The highest BCUT2D eigenvalue weighted by atomic mass is 31.2. The van der Waals surface area contributed by atoms with Crippen molar-refractivity contribution in [1.29, 1.82) is 0 Å². The zero-order chi connectivity index (χ0) is 28.5. The Balaban J connectivity index is 2.22. The number of nitrogens with two attached hydrogens (primary N) is 1. The van der Waals surface area contributed by atoms with Crippen LogP contribution in [0.5, 0.6) is 0 Å². The lowest BCUT2D eigenvalue weighted by Crippen LogP contribution is -2.46. The van der Waals surface area contributed by atoms with Crippen LogP contribution in [0.2, 0.25) is 0 Å². The van der Waals surface area contributed by atoms with Gasteiger partial charge in [0.1, 0.15) is 23.7 Å². The summed E-state index contributed by atoms with van der Waals surface area (Å²) in [4.78, 5) is 25.1. The Morgan fingerprint density at radius 1 is 1.16 bits per heavy atom. The van der Waals surface area contributed by atoms with Gasteiger partial charge in [0.15, 0.2) is 11.5 Å². The molecule has 2 heterocycles. The van der Waals surface area contributed by atoms with E-state index in [0.29, 0.717) is 48.8 Å². The summed E-state index contributed by atoms with van der Waals surface area (Å²) >= 11 is 0. The number of imidazole rings is 1. The van der Waals surface area contributed by atoms with Gasteiger partial charge >= 0.3 is 13.5 Å². The average molecular weight is 554 g/mol. The average Bonchev–Trinajstić information content (AvgIpc) is 3.23. The normalized spacial score (nSPS) is 14.5. The summed E-state index contributed by atoms with van der Waals surface area (Å²) in [6.45, 7) is 15.9. The third-order valence-corrected chi connectivity index (χ3v) is 7.13. The van der Waals surface area contributed by atoms with Gasteiger partial charge in [-0.05, 0) is 51.9 Å². The maximum Gasteiger partial charge on any atom is 0.365 e. The molecule has 3 N–H and O–H groups in total. The van der Waals surface area contributed by atoms with Gasteiger partial charge < -0.3 is 24.4 Å². The second-order valence-corrected chi connectivity index (χ2v) is 12.9. The number of anilines is 1. The van der Waals surface area contributed by atoms with Crippen molar-refractivity contribution in [2.24, 2.45) is 17.0 Å². The van der Waals surface area contributed by atoms with E-state index in [0.717, 1.165) is 5.71 Å². The van der Waals surface area contributed by atoms with E-state index in [1.807, 2.05) is 13.8 Å². The third kappa shape index (κ3) is 9.63. The number of carbonyl (C=O) groups is 1. The molecule has 12 nitrogen and oxygen atoms in total. The Kier molecular flexibility index (Phi) is 11.7. The fraction of sp³-hybridized carbons (Fsp3) is 0.720. The molecule has 0 saturated carbocycles. The van der Waals surface area contributed by atoms with Gasteiger partial charge in [-0.1, -0.05) is 39.8 Å². The molecule has 0 saturated heterocycles. The minimum atomic E-state index is -3.80. The maximum absolute atomic E-state index is 14.0. The first-order chi connectivity index (χ1) is 17.8. The van der Waals surface area contributed by atoms with Crippen molar-refractivity contribution in [3.63, 3.8) is 0 Å². The maximum atomic E-state index is 14.0. The molecular formula is C25H44N7O5P. The number of nitrogen functional groups attached to an aromatic ring is 1. The van der Waals surface area contributed by atoms with Gasteiger partial charge in [0.25, 0.3) is 0 Å². The number of hydrogen-bond donors (Lipinski definition) is 2. The summed E-state index contributed by atoms with van der Waals surface area (Å²) < 4.78 is 32.8. The fourth-order valence-corrected chi connectivity index (χ4v) is 5.53. The summed E-state index contributed by atoms with van der Waals surface area (Å²) in [6.07, 6.45) is 4.33. The predicted octanol–water partition coefficient (Wildman–Crippen LogP) is 4.75. The quantitative estimate of drug-likeness (QED) is 0.129. The van der Waals surface area contributed by atoms with E-state index in [1.165, 1.54) is 6.33 Å². The molecule has 0 fully saturated rings. The highest BCUT2D eigenvalue weighted by Crippen LogP contribution is 2.46. The highest BCUT2D eigenvalue weighted by Gasteiger charge is 2.40. The van der Waals surface area contributed by atoms with Crippen LogP contribution in [0.1, 0.15) is 74.7 Å². The summed E-state index contributed by atoms with van der Waals surface area (Å²) in [5, 5.41) is 7.16. The van der Waals surface area contributed by atoms with Gasteiger partial charge in [0.2, 0.25) is 0 Å². The predicted molar refractivity (Wildman–Crippen MR) is 149 cm³/mol. The first-order valence-corrected chi connectivity index (χ1v) is 14.9. The second kappa shape index (κ2) is 14.0. The molecule has 0 aliphatic heterocycles. The van der Waals surface area contributed by atoms with Crippen LogP contribution in [-0.4, -0.2) is 55.8 Å². The molecule has 2 aromatic heterocycles. The van der Waals surface area contributed by atoms with Gasteiger partial charge in [0, 0.05) is 0 Å². The van der Waals surface area contributed by atoms with Crippen molar-refractivity contribution in [2.45, 2.75) is 92.8 Å². The number of oxime groups is 1. The Hall–Kier alpha value is -2.56. The Bertz CT molecular complexity index is 1120. The third-order valence-electron chi connectivity index (χ3n) is 5.40. The number of esters is 1. The number of fused-ring (bicyclic) bond motifs is 1. The molecule has 0 amide bonds. The summed E-state index contributed by atoms with van der Waals surface area (Å²) in [7, 11) is -3.80. The SMILES string of the molecule is CCCOC(=O)C(C)(C)NP(=O)(CO[C@@H](C)Cn1cnc2c(N)ncnc21)ON=C(CC(C)C)CC(C)C. The van der Waals surface area contributed by atoms with Crippen LogP contribution >= 0.6 is 7.52 Å². The van der Waals surface area contributed by atoms with Gasteiger partial charge in [-0.15, -0.1) is 0 Å². The molecule has 214 valence electrons. The van der Waals surface area contributed by atoms with E-state index < -0.39 is 25.1 Å². The zero-order valence-corrected chi connectivity index (χ0v) is 24.8. The van der Waals surface area contributed by atoms with E-state index in [-0.39, 0.29) is 18.8 Å². The van der Waals surface area contributed by atoms with Gasteiger partial charge in [-0.25, -0.2) is 20.0 Å². The van der Waals surface area contributed by atoms with Crippen molar-refractivity contribution in [3.05, 3.63) is 12.7 Å². The zero-order valence-electron chi connectivity index (χ0n) is 23.9. The van der Waals surface area contributed by atoms with Crippen LogP contribution in [0.4, 0.5) is 5.82 Å². The Morgan fingerprint density at radius 2 is 1.82 bits per heavy atom. The number of hydrogen-bond acceptors (Lipinski definition) is 10. The van der Waals surface area contributed by atoms with E-state index >= 15 is 0 Å². The first-order valence-electron chi connectivity index (χ1n) is 13.1. The van der Waals surface area contributed by atoms with Crippen LogP contribution in [0.3, 0.4) is 0 Å². The molecule has 0 aliphatic carbocycles. The standard InChI is InChI=1S/C25H44N7O5P/c1-9-10-35-24(33)25(7,8)31-38(34,37-30-20(11-17(2)3)12-18(4)5)16-36-19(6)13-32-15-29-21-22(26)27-14-28-23(21)32/h14-15,17-19H,9-13,16H2,1-8H3,(H,31,34)(H2,26,27,28)/t19-,38?/m0/s1. The van der Waals surface area contributed by atoms with Crippen LogP contribution in [0.25, 0.3) is 11.2 Å². The van der Waals surface area contributed by atoms with Crippen molar-refractivity contribution < 1.29 is 23.5 Å². The monoisotopic (exact) mass is 553 g/mol. The summed E-state index contributed by atoms with van der Waals surface area (Å²) in [6, 6.07) is 0. The molecule has 38 heavy (non-hydrogen) atoms. The van der Waals surface area contributed by atoms with Crippen molar-refractivity contribution in [1.82, 2.24) is 24.6 Å². The lowest BCUT2D eigenvalue weighted by atomic mass is 9.99. The molecule has 0 spiro atoms. The van der Waals surface area contributed by atoms with Gasteiger partial charge in [0.05, 0.1) is 31.3 Å². The van der Waals surface area contributed by atoms with Crippen molar-refractivity contribution >= 4 is 36.2 Å². The van der Waals surface area contributed by atoms with Crippen molar-refractivity contribution in [3.8, 4) is 0 Å². The summed E-state index contributed by atoms with van der Waals surface area (Å²) in [5.74, 6) is 0.455. The molecule has 2 aromatic rings. The first kappa shape index (κ1) is 31.7. The molecule has 0 radical (unpaired) electrons. The molecule has 2 atom stereocenters. The van der Waals surface area contributed by atoms with E-state index in [9.17, 15) is 9.36 Å². The van der Waals surface area contributed by atoms with Crippen molar-refractivity contribution in [2.75, 3.05) is 18.7 Å². The lowest BCUT2D eigenvalue weighted by Gasteiger charge is -2.29. The Labute approximate surface area is 225 Å². The molecule has 0 aliphatic rings. The van der Waals surface area contributed by atoms with E-state index in [2.05, 4.69) is 52.9 Å². The van der Waals surface area contributed by atoms with Gasteiger partial charge in [-0.3, -0.25) is 9.36 Å². The van der Waals surface area contributed by atoms with Crippen LogP contribution in [0.15, 0.2) is 17.8 Å². The highest BCUT2D eigenvalue weighted by molar-refractivity contribution is 7.56. The number of ether oxygens (including phenoxy) is 2. The van der Waals surface area contributed by atoms with Gasteiger partial charge in [-0.2, -0.15) is 0 Å². The van der Waals surface area contributed by atoms with E-state index in [1.54, 1.807) is 24.7 Å². The number of nitrogens with one attached hydrogen (secondary N) is 1. The largest absolute Gasteiger partial charge is 0.464 e. The number of aromatic nitrogens is 4. The molecule has 0 aromatic carbocycles. The minimum absolute atomic E-state index is 0.265.